The van der Waals surface area contributed by atoms with E-state index in [0.29, 0.717) is 50.0 Å². The van der Waals surface area contributed by atoms with Gasteiger partial charge in [-0.2, -0.15) is 0 Å². The van der Waals surface area contributed by atoms with Crippen LogP contribution in [0.5, 0.6) is 5.75 Å². The first kappa shape index (κ1) is 27.1. The van der Waals surface area contributed by atoms with E-state index in [-0.39, 0.29) is 35.4 Å². The zero-order chi connectivity index (χ0) is 24.9. The first-order chi connectivity index (χ1) is 16.3. The Bertz CT molecular complexity index is 896. The van der Waals surface area contributed by atoms with Crippen LogP contribution in [-0.2, 0) is 14.3 Å². The molecule has 5 N–H and O–H groups in total. The molecule has 2 rings (SSSR count). The van der Waals surface area contributed by atoms with Gasteiger partial charge in [-0.05, 0) is 69.0 Å². The summed E-state index contributed by atoms with van der Waals surface area (Å²) in [4.78, 5) is 37.5. The SMILES string of the molecule is CCC1CC/C=C/c2cc(O)ccc2C(=O)OC(C)CCC(CNCCNC(=O)/C=C/N)C1=O. The number of fused-ring (bicyclic) bond motifs is 1. The molecule has 0 radical (unpaired) electrons. The number of hydrogen-bond donors (Lipinski definition) is 4. The quantitative estimate of drug-likeness (QED) is 0.273. The molecule has 3 atom stereocenters. The molecule has 3 unspecified atom stereocenters. The predicted molar refractivity (Wildman–Crippen MR) is 132 cm³/mol. The van der Waals surface area contributed by atoms with Crippen molar-refractivity contribution in [3.8, 4) is 5.75 Å². The number of carbonyl (C=O) groups excluding carboxylic acids is 3. The number of benzene rings is 1. The highest BCUT2D eigenvalue weighted by Crippen LogP contribution is 2.25. The number of ketones is 1. The Balaban J connectivity index is 2.09. The van der Waals surface area contributed by atoms with Gasteiger partial charge >= 0.3 is 5.97 Å². The summed E-state index contributed by atoms with van der Waals surface area (Å²) in [6.07, 6.45) is 9.13. The lowest BCUT2D eigenvalue weighted by molar-refractivity contribution is -0.127. The maximum atomic E-state index is 13.3. The molecule has 0 aromatic heterocycles. The second-order valence-electron chi connectivity index (χ2n) is 8.60. The molecule has 186 valence electrons. The van der Waals surface area contributed by atoms with Crippen molar-refractivity contribution >= 4 is 23.7 Å². The number of nitrogens with one attached hydrogen (secondary N) is 2. The summed E-state index contributed by atoms with van der Waals surface area (Å²) in [5, 5.41) is 15.8. The lowest BCUT2D eigenvalue weighted by Gasteiger charge is -2.24. The first-order valence-corrected chi connectivity index (χ1v) is 12.0. The van der Waals surface area contributed by atoms with E-state index >= 15 is 0 Å². The van der Waals surface area contributed by atoms with Gasteiger partial charge in [0.2, 0.25) is 5.91 Å². The fourth-order valence-corrected chi connectivity index (χ4v) is 4.05. The number of rotatable bonds is 7. The molecule has 34 heavy (non-hydrogen) atoms. The van der Waals surface area contributed by atoms with Crippen molar-refractivity contribution in [2.75, 3.05) is 19.6 Å². The van der Waals surface area contributed by atoms with Crippen LogP contribution in [0.1, 0.15) is 61.9 Å². The predicted octanol–water partition coefficient (Wildman–Crippen LogP) is 2.91. The third-order valence-electron chi connectivity index (χ3n) is 6.00. The molecule has 0 saturated carbocycles. The Morgan fingerprint density at radius 1 is 1.21 bits per heavy atom. The number of hydrogen-bond acceptors (Lipinski definition) is 7. The number of Topliss-reactive ketones (excluding diaryl/α,β-unsaturated/α-hetero) is 1. The van der Waals surface area contributed by atoms with Gasteiger partial charge in [0.05, 0.1) is 11.7 Å². The molecule has 1 aliphatic rings. The average molecular weight is 472 g/mol. The van der Waals surface area contributed by atoms with E-state index in [1.54, 1.807) is 18.2 Å². The van der Waals surface area contributed by atoms with Gasteiger partial charge in [0.15, 0.2) is 0 Å². The molecule has 8 nitrogen and oxygen atoms in total. The van der Waals surface area contributed by atoms with Gasteiger partial charge in [-0.3, -0.25) is 9.59 Å². The molecule has 0 saturated heterocycles. The molecule has 0 bridgehead atoms. The number of ether oxygens (including phenoxy) is 1. The molecular formula is C26H37N3O5. The van der Waals surface area contributed by atoms with Crippen LogP contribution in [0.2, 0.25) is 0 Å². The third kappa shape index (κ3) is 8.67. The number of esters is 1. The first-order valence-electron chi connectivity index (χ1n) is 12.0. The summed E-state index contributed by atoms with van der Waals surface area (Å²) in [5.41, 5.74) is 6.21. The molecule has 0 fully saturated rings. The summed E-state index contributed by atoms with van der Waals surface area (Å²) in [7, 11) is 0. The summed E-state index contributed by atoms with van der Waals surface area (Å²) >= 11 is 0. The molecule has 0 spiro atoms. The second-order valence-corrected chi connectivity index (χ2v) is 8.60. The summed E-state index contributed by atoms with van der Waals surface area (Å²) < 4.78 is 5.64. The minimum Gasteiger partial charge on any atom is -0.508 e. The van der Waals surface area contributed by atoms with Crippen molar-refractivity contribution in [1.29, 1.82) is 0 Å². The number of phenolic OH excluding ortho intramolecular Hbond substituents is 1. The van der Waals surface area contributed by atoms with Crippen molar-refractivity contribution in [3.63, 3.8) is 0 Å². The zero-order valence-electron chi connectivity index (χ0n) is 20.1. The van der Waals surface area contributed by atoms with Crippen molar-refractivity contribution in [1.82, 2.24) is 10.6 Å². The van der Waals surface area contributed by atoms with Crippen LogP contribution in [-0.4, -0.2) is 48.5 Å². The van der Waals surface area contributed by atoms with Gasteiger partial charge in [-0.25, -0.2) is 4.79 Å². The fourth-order valence-electron chi connectivity index (χ4n) is 4.05. The van der Waals surface area contributed by atoms with E-state index in [0.717, 1.165) is 12.8 Å². The maximum absolute atomic E-state index is 13.3. The molecule has 8 heteroatoms. The third-order valence-corrected chi connectivity index (χ3v) is 6.00. The lowest BCUT2D eigenvalue weighted by Crippen LogP contribution is -2.37. The second kappa shape index (κ2) is 14.2. The number of nitrogens with two attached hydrogens (primary N) is 1. The van der Waals surface area contributed by atoms with Crippen LogP contribution in [0.25, 0.3) is 6.08 Å². The number of cyclic esters (lactones) is 1. The number of amides is 1. The van der Waals surface area contributed by atoms with Gasteiger partial charge in [0.1, 0.15) is 11.5 Å². The Labute approximate surface area is 201 Å². The van der Waals surface area contributed by atoms with Crippen LogP contribution < -0.4 is 16.4 Å². The molecule has 0 aliphatic carbocycles. The van der Waals surface area contributed by atoms with Crippen molar-refractivity contribution in [2.24, 2.45) is 17.6 Å². The number of carbonyl (C=O) groups is 3. The van der Waals surface area contributed by atoms with E-state index < -0.39 is 5.97 Å². The highest BCUT2D eigenvalue weighted by molar-refractivity contribution is 5.94. The van der Waals surface area contributed by atoms with Crippen LogP contribution in [0, 0.1) is 11.8 Å². The van der Waals surface area contributed by atoms with Gasteiger partial charge in [-0.15, -0.1) is 0 Å². The largest absolute Gasteiger partial charge is 0.508 e. The van der Waals surface area contributed by atoms with E-state index in [1.165, 1.54) is 18.3 Å². The van der Waals surface area contributed by atoms with Crippen molar-refractivity contribution in [2.45, 2.75) is 52.1 Å². The van der Waals surface area contributed by atoms with Gasteiger partial charge in [-0.1, -0.05) is 19.1 Å². The number of aromatic hydroxyl groups is 1. The van der Waals surface area contributed by atoms with Gasteiger partial charge in [0, 0.05) is 37.5 Å². The molecule has 1 aromatic carbocycles. The summed E-state index contributed by atoms with van der Waals surface area (Å²) in [6.45, 7) is 5.30. The fraction of sp³-hybridized carbons (Fsp3) is 0.500. The maximum Gasteiger partial charge on any atom is 0.339 e. The van der Waals surface area contributed by atoms with E-state index in [9.17, 15) is 19.5 Å². The average Bonchev–Trinajstić information content (AvgIpc) is 2.80. The standard InChI is InChI=1S/C26H37N3O5/c1-3-19-6-4-5-7-20-16-22(30)10-11-23(20)26(33)34-18(2)8-9-21(25(19)32)17-28-14-15-29-24(31)12-13-27/h5,7,10-13,16,18-19,21,28,30H,3-4,6,8-9,14-15,17,27H2,1-2H3,(H,29,31)/b7-5+,13-12+. The van der Waals surface area contributed by atoms with Crippen LogP contribution in [0.15, 0.2) is 36.6 Å². The highest BCUT2D eigenvalue weighted by Gasteiger charge is 2.26. The highest BCUT2D eigenvalue weighted by atomic mass is 16.5. The smallest absolute Gasteiger partial charge is 0.339 e. The molecule has 1 aliphatic heterocycles. The minimum absolute atomic E-state index is 0.0599. The zero-order valence-corrected chi connectivity index (χ0v) is 20.1. The topological polar surface area (TPSA) is 131 Å². The molecule has 1 heterocycles. The van der Waals surface area contributed by atoms with E-state index in [1.807, 2.05) is 19.9 Å². The Morgan fingerprint density at radius 2 is 2.00 bits per heavy atom. The van der Waals surface area contributed by atoms with Gasteiger partial charge in [0.25, 0.3) is 0 Å². The van der Waals surface area contributed by atoms with Crippen LogP contribution >= 0.6 is 0 Å². The normalized spacial score (nSPS) is 23.1. The molecule has 1 aromatic rings. The lowest BCUT2D eigenvalue weighted by atomic mass is 9.84. The van der Waals surface area contributed by atoms with Crippen LogP contribution in [0.4, 0.5) is 0 Å². The van der Waals surface area contributed by atoms with Crippen molar-refractivity contribution in [3.05, 3.63) is 47.7 Å². The molecular weight excluding hydrogens is 434 g/mol. The van der Waals surface area contributed by atoms with E-state index in [2.05, 4.69) is 10.6 Å². The van der Waals surface area contributed by atoms with E-state index in [4.69, 9.17) is 10.5 Å². The Hall–Kier alpha value is -3.13. The van der Waals surface area contributed by atoms with Crippen LogP contribution in [0.3, 0.4) is 0 Å². The summed E-state index contributed by atoms with van der Waals surface area (Å²) in [6, 6.07) is 4.59. The number of allylic oxidation sites excluding steroid dienone is 1. The minimum atomic E-state index is -0.445. The monoisotopic (exact) mass is 471 g/mol. The molecule has 1 amide bonds. The van der Waals surface area contributed by atoms with Gasteiger partial charge < -0.3 is 26.2 Å². The van der Waals surface area contributed by atoms with Crippen molar-refractivity contribution < 1.29 is 24.2 Å². The number of phenols is 1. The Kier molecular flexibility index (Phi) is 11.3. The Morgan fingerprint density at radius 3 is 2.74 bits per heavy atom. The summed E-state index contributed by atoms with van der Waals surface area (Å²) in [5.74, 6) is -0.675.